The van der Waals surface area contributed by atoms with Gasteiger partial charge in [0.05, 0.1) is 172 Å². The smallest absolute Gasteiger partial charge is 0.108 e. The third kappa shape index (κ3) is 266. The van der Waals surface area contributed by atoms with Crippen LogP contribution < -0.4 is 0 Å². The quantitative estimate of drug-likeness (QED) is 0.0319. The van der Waals surface area contributed by atoms with Crippen LogP contribution in [0, 0.1) is 24.7 Å². The average Bonchev–Trinajstić information content (AvgIpc) is 0.954. The Kier molecular flexibility index (Phi) is 134. The van der Waals surface area contributed by atoms with Gasteiger partial charge in [-0.15, -0.1) is 30.4 Å². The van der Waals surface area contributed by atoms with Gasteiger partial charge in [-0.2, -0.15) is 0 Å². The van der Waals surface area contributed by atoms with Gasteiger partial charge in [0.25, 0.3) is 0 Å². The van der Waals surface area contributed by atoms with E-state index < -0.39 is 0 Å². The van der Waals surface area contributed by atoms with Crippen LogP contribution in [0.1, 0.15) is 432 Å². The van der Waals surface area contributed by atoms with E-state index in [1.54, 1.807) is 0 Å². The maximum Gasteiger partial charge on any atom is 0.108 e. The van der Waals surface area contributed by atoms with Crippen LogP contribution in [0.4, 0.5) is 0 Å². The first-order chi connectivity index (χ1) is 56.8. The molecule has 0 unspecified atom stereocenters. The van der Waals surface area contributed by atoms with E-state index in [0.29, 0.717) is 111 Å². The SMILES string of the molecule is C.C.C.C#CCCOC(C)(C)C.C#CCOC(C)(C)C.CC(C)(C)OCCBr.CC(C)(C)OCCCl.CCCCOC(C)(C)C.CCCCOC(C)(C)C.CCCCOC(C)(C)C.CCCCOC(C)(C)C.CCCOCCOCCOC(C)(C)C.CCCOCCOCCOC(C)(C)C.CCCOCCOCCOC(C)(C)C.CCOC(C)(C)C.CCOC(C)(C)C. The molecule has 0 aliphatic carbocycles. The van der Waals surface area contributed by atoms with Crippen molar-refractivity contribution in [3.05, 3.63) is 0 Å². The van der Waals surface area contributed by atoms with E-state index in [4.69, 9.17) is 114 Å². The molecule has 0 saturated carbocycles. The van der Waals surface area contributed by atoms with E-state index in [1.165, 1.54) is 51.4 Å². The van der Waals surface area contributed by atoms with Crippen LogP contribution in [0.5, 0.6) is 0 Å². The van der Waals surface area contributed by atoms with Crippen molar-refractivity contribution in [3.63, 3.8) is 0 Å². The largest absolute Gasteiger partial charge is 0.379 e. The Hall–Kier alpha value is -0.870. The molecule has 0 aliphatic rings. The maximum absolute atomic E-state index is 5.49. The molecule has 0 heterocycles. The number of alkyl halides is 2. The van der Waals surface area contributed by atoms with Gasteiger partial charge in [0.2, 0.25) is 0 Å². The summed E-state index contributed by atoms with van der Waals surface area (Å²) in [5.74, 6) is 5.50. The first-order valence-electron chi connectivity index (χ1n) is 47.6. The second-order valence-corrected chi connectivity index (χ2v) is 42.9. The van der Waals surface area contributed by atoms with Crippen molar-refractivity contribution in [2.75, 3.05) is 176 Å². The molecule has 0 fully saturated rings. The van der Waals surface area contributed by atoms with E-state index in [9.17, 15) is 0 Å². The highest BCUT2D eigenvalue weighted by molar-refractivity contribution is 9.09. The molecular weight excluding hydrogens is 1700 g/mol. The highest BCUT2D eigenvalue weighted by Crippen LogP contribution is 2.14. The topological polar surface area (TPSA) is 175 Å². The van der Waals surface area contributed by atoms with Crippen molar-refractivity contribution >= 4 is 27.5 Å². The lowest BCUT2D eigenvalue weighted by molar-refractivity contribution is -0.0425. The van der Waals surface area contributed by atoms with Crippen molar-refractivity contribution in [2.24, 2.45) is 0 Å². The van der Waals surface area contributed by atoms with Gasteiger partial charge in [0.1, 0.15) is 6.61 Å². The maximum atomic E-state index is 5.49. The Morgan fingerprint density at radius 3 is 0.500 bits per heavy atom. The molecular formula is C107H236BrClO19. The zero-order valence-electron chi connectivity index (χ0n) is 92.7. The molecule has 0 aromatic carbocycles. The highest BCUT2D eigenvalue weighted by atomic mass is 79.9. The van der Waals surface area contributed by atoms with E-state index in [-0.39, 0.29) is 95.1 Å². The van der Waals surface area contributed by atoms with Crippen LogP contribution in [-0.4, -0.2) is 249 Å². The van der Waals surface area contributed by atoms with Gasteiger partial charge in [-0.3, -0.25) is 0 Å². The van der Waals surface area contributed by atoms with Gasteiger partial charge in [0, 0.05) is 77.1 Å². The Morgan fingerprint density at radius 1 is 0.203 bits per heavy atom. The van der Waals surface area contributed by atoms with Gasteiger partial charge < -0.3 is 90.0 Å². The van der Waals surface area contributed by atoms with Gasteiger partial charge in [-0.05, 0) is 329 Å². The molecule has 21 heteroatoms. The van der Waals surface area contributed by atoms with Crippen molar-refractivity contribution in [2.45, 2.75) is 504 Å². The number of hydrogen-bond donors (Lipinski definition) is 0. The molecule has 0 radical (unpaired) electrons. The molecule has 0 bridgehead atoms. The van der Waals surface area contributed by atoms with Crippen LogP contribution in [0.2, 0.25) is 0 Å². The first kappa shape index (κ1) is 164. The fourth-order valence-corrected chi connectivity index (χ4v) is 7.18. The third-order valence-electron chi connectivity index (χ3n) is 12.3. The zero-order valence-corrected chi connectivity index (χ0v) is 95.1. The lowest BCUT2D eigenvalue weighted by Crippen LogP contribution is -2.22. The van der Waals surface area contributed by atoms with E-state index in [1.807, 2.05) is 138 Å². The second-order valence-electron chi connectivity index (χ2n) is 41.7. The number of halogens is 2. The van der Waals surface area contributed by atoms with Crippen LogP contribution in [0.3, 0.4) is 0 Å². The Morgan fingerprint density at radius 2 is 0.375 bits per heavy atom. The van der Waals surface area contributed by atoms with Crippen LogP contribution >= 0.6 is 27.5 Å². The average molecular weight is 1940 g/mol. The molecule has 792 valence electrons. The van der Waals surface area contributed by atoms with Crippen LogP contribution in [-0.2, 0) is 90.0 Å². The van der Waals surface area contributed by atoms with Crippen molar-refractivity contribution in [1.82, 2.24) is 0 Å². The number of ether oxygens (including phenoxy) is 19. The fourth-order valence-electron chi connectivity index (χ4n) is 6.94. The predicted molar refractivity (Wildman–Crippen MR) is 568 cm³/mol. The summed E-state index contributed by atoms with van der Waals surface area (Å²) in [4.78, 5) is 0. The number of terminal acetylenes is 2. The first-order valence-corrected chi connectivity index (χ1v) is 49.2. The number of hydrogen-bond acceptors (Lipinski definition) is 19. The highest BCUT2D eigenvalue weighted by Gasteiger charge is 2.16. The normalized spacial score (nSPS) is 11.6. The molecule has 0 aromatic heterocycles. The third-order valence-corrected chi connectivity index (χ3v) is 12.8. The predicted octanol–water partition coefficient (Wildman–Crippen LogP) is 30.2. The molecule has 0 aliphatic heterocycles. The molecule has 0 atom stereocenters. The summed E-state index contributed by atoms with van der Waals surface area (Å²) in [5.41, 5.74) is -0.0454. The standard InChI is InChI=1S/3C11H24O3.4C8H18O.C8H14O.C7H12O.C6H13BrO.C6H13ClO.2C6H14O.3CH4/c3*1-5-6-12-7-8-13-9-10-14-11(2,3)4;5*1-5-6-7-9-8(2,3)4;1-5-6-8-7(2,3)4;2*1-6(2,3)8-5-4-7;2*1-5-7-6(2,3)4;;;/h3*5-10H2,1-4H3;4*5-7H2,1-4H3;1H,6-7H2,2-4H3;1H,6H2,2-4H3;2*4-5H2,1-3H3;2*5H2,1-4H3;3*1H4. The van der Waals surface area contributed by atoms with Gasteiger partial charge in [-0.25, -0.2) is 0 Å². The Bertz CT molecular complexity index is 1900. The summed E-state index contributed by atoms with van der Waals surface area (Å²) in [6.45, 7) is 117. The van der Waals surface area contributed by atoms with E-state index >= 15 is 0 Å². The molecule has 0 N–H and O–H groups in total. The number of rotatable bonds is 45. The van der Waals surface area contributed by atoms with Gasteiger partial charge in [0.15, 0.2) is 0 Å². The van der Waals surface area contributed by atoms with Crippen LogP contribution in [0.25, 0.3) is 0 Å². The van der Waals surface area contributed by atoms with Crippen LogP contribution in [0.15, 0.2) is 0 Å². The Balaban J connectivity index is -0.0000000762. The van der Waals surface area contributed by atoms with E-state index in [2.05, 4.69) is 222 Å². The number of unbranched alkanes of at least 4 members (excludes halogenated alkanes) is 4. The zero-order chi connectivity index (χ0) is 101. The summed E-state index contributed by atoms with van der Waals surface area (Å²) in [6, 6.07) is 0. The molecule has 19 nitrogen and oxygen atoms in total. The molecule has 0 saturated heterocycles. The lowest BCUT2D eigenvalue weighted by Gasteiger charge is -2.19. The van der Waals surface area contributed by atoms with Gasteiger partial charge >= 0.3 is 0 Å². The summed E-state index contributed by atoms with van der Waals surface area (Å²) in [7, 11) is 0. The fraction of sp³-hybridized carbons (Fsp3) is 0.963. The minimum atomic E-state index is -0.0909. The summed E-state index contributed by atoms with van der Waals surface area (Å²) in [5, 5.41) is 0.921. The summed E-state index contributed by atoms with van der Waals surface area (Å²) < 4.78 is 102. The summed E-state index contributed by atoms with van der Waals surface area (Å²) in [6.07, 6.45) is 23.5. The summed E-state index contributed by atoms with van der Waals surface area (Å²) >= 11 is 8.66. The minimum absolute atomic E-state index is 0. The lowest BCUT2D eigenvalue weighted by atomic mass is 10.2. The molecule has 0 aromatic rings. The monoisotopic (exact) mass is 1940 g/mol. The molecule has 0 rings (SSSR count). The Labute approximate surface area is 818 Å². The van der Waals surface area contributed by atoms with Crippen molar-refractivity contribution in [1.29, 1.82) is 0 Å². The molecule has 0 amide bonds. The van der Waals surface area contributed by atoms with Gasteiger partial charge in [-0.1, -0.05) is 118 Å². The molecule has 0 spiro atoms. The second kappa shape index (κ2) is 105. The van der Waals surface area contributed by atoms with Crippen molar-refractivity contribution < 1.29 is 90.0 Å². The molecule has 128 heavy (non-hydrogen) atoms. The van der Waals surface area contributed by atoms with E-state index in [0.717, 1.165) is 90.7 Å². The minimum Gasteiger partial charge on any atom is -0.379 e. The van der Waals surface area contributed by atoms with Crippen molar-refractivity contribution in [3.8, 4) is 24.7 Å².